The number of phenols is 1. The minimum Gasteiger partial charge on any atom is -0.506 e. The molecule has 0 saturated carbocycles. The number of nitrogens with zero attached hydrogens (tertiary/aromatic N) is 1. The highest BCUT2D eigenvalue weighted by molar-refractivity contribution is 6.32. The molecule has 0 saturated heterocycles. The molecule has 0 atom stereocenters. The van der Waals surface area contributed by atoms with E-state index < -0.39 is 40.4 Å². The summed E-state index contributed by atoms with van der Waals surface area (Å²) in [5.41, 5.74) is -2.43. The molecule has 0 aliphatic carbocycles. The monoisotopic (exact) mass is 309 g/mol. The number of phenolic OH excluding ortho intramolecular Hbond substituents is 1. The number of hydrogen-bond donors (Lipinski definition) is 1. The van der Waals surface area contributed by atoms with E-state index in [-0.39, 0.29) is 11.1 Å². The van der Waals surface area contributed by atoms with Crippen LogP contribution in [0.3, 0.4) is 0 Å². The minimum atomic E-state index is -4.76. The summed E-state index contributed by atoms with van der Waals surface area (Å²) in [5.74, 6) is -2.91. The van der Waals surface area contributed by atoms with E-state index >= 15 is 0 Å². The molecule has 0 aliphatic heterocycles. The molecular formula is C12H5ClF5NO. The molecular weight excluding hydrogens is 305 g/mol. The van der Waals surface area contributed by atoms with Gasteiger partial charge in [-0.05, 0) is 18.2 Å². The van der Waals surface area contributed by atoms with Crippen molar-refractivity contribution in [1.82, 2.24) is 4.98 Å². The first-order chi connectivity index (χ1) is 9.20. The first-order valence-corrected chi connectivity index (χ1v) is 5.49. The summed E-state index contributed by atoms with van der Waals surface area (Å²) in [6, 6.07) is 1.70. The largest absolute Gasteiger partial charge is 0.506 e. The Hall–Kier alpha value is -1.89. The maximum absolute atomic E-state index is 13.6. The second-order valence-corrected chi connectivity index (χ2v) is 4.24. The summed E-state index contributed by atoms with van der Waals surface area (Å²) in [6.07, 6.45) is -4.38. The van der Waals surface area contributed by atoms with E-state index in [1.165, 1.54) is 0 Å². The standard InChI is InChI=1S/C12H5ClF5NO/c13-7-3-8(14)6(2-10(7)20)11-9(15)1-5(4-19-11)12(16,17)18/h1-4,20H. The average Bonchev–Trinajstić information content (AvgIpc) is 2.33. The zero-order chi connectivity index (χ0) is 15.1. The molecule has 1 aromatic carbocycles. The number of halogens is 6. The van der Waals surface area contributed by atoms with Crippen LogP contribution >= 0.6 is 11.6 Å². The molecule has 2 nitrogen and oxygen atoms in total. The van der Waals surface area contributed by atoms with Crippen molar-refractivity contribution in [2.75, 3.05) is 0 Å². The summed E-state index contributed by atoms with van der Waals surface area (Å²) < 4.78 is 64.3. The van der Waals surface area contributed by atoms with Gasteiger partial charge in [0, 0.05) is 11.8 Å². The number of benzene rings is 1. The smallest absolute Gasteiger partial charge is 0.417 e. The highest BCUT2D eigenvalue weighted by Crippen LogP contribution is 2.35. The molecule has 1 N–H and O–H groups in total. The van der Waals surface area contributed by atoms with Gasteiger partial charge >= 0.3 is 6.18 Å². The highest BCUT2D eigenvalue weighted by Gasteiger charge is 2.32. The molecule has 0 fully saturated rings. The van der Waals surface area contributed by atoms with Crippen LogP contribution in [0, 0.1) is 11.6 Å². The summed E-state index contributed by atoms with van der Waals surface area (Å²) in [6.45, 7) is 0. The van der Waals surface area contributed by atoms with Crippen LogP contribution in [0.2, 0.25) is 5.02 Å². The topological polar surface area (TPSA) is 33.1 Å². The number of rotatable bonds is 1. The third-order valence-corrected chi connectivity index (χ3v) is 2.76. The fraction of sp³-hybridized carbons (Fsp3) is 0.0833. The van der Waals surface area contributed by atoms with Gasteiger partial charge in [0.05, 0.1) is 10.6 Å². The fourth-order valence-electron chi connectivity index (χ4n) is 1.51. The maximum atomic E-state index is 13.6. The normalized spacial score (nSPS) is 11.7. The van der Waals surface area contributed by atoms with Crippen LogP contribution in [0.5, 0.6) is 5.75 Å². The molecule has 0 radical (unpaired) electrons. The number of aromatic hydroxyl groups is 1. The third-order valence-electron chi connectivity index (χ3n) is 2.46. The number of pyridine rings is 1. The van der Waals surface area contributed by atoms with Gasteiger partial charge in [-0.25, -0.2) is 8.78 Å². The molecule has 1 aromatic heterocycles. The van der Waals surface area contributed by atoms with E-state index in [2.05, 4.69) is 4.98 Å². The van der Waals surface area contributed by atoms with Crippen molar-refractivity contribution >= 4 is 11.6 Å². The van der Waals surface area contributed by atoms with Crippen molar-refractivity contribution < 1.29 is 27.1 Å². The van der Waals surface area contributed by atoms with Crippen molar-refractivity contribution in [3.63, 3.8) is 0 Å². The Kier molecular flexibility index (Phi) is 3.56. The molecule has 2 rings (SSSR count). The molecule has 1 heterocycles. The van der Waals surface area contributed by atoms with Crippen LogP contribution < -0.4 is 0 Å². The Balaban J connectivity index is 2.57. The third kappa shape index (κ3) is 2.67. The Bertz CT molecular complexity index is 672. The quantitative estimate of drug-likeness (QED) is 0.792. The first-order valence-electron chi connectivity index (χ1n) is 5.11. The number of aromatic nitrogens is 1. The van der Waals surface area contributed by atoms with E-state index in [0.29, 0.717) is 12.3 Å². The Labute approximate surface area is 114 Å². The zero-order valence-electron chi connectivity index (χ0n) is 9.47. The second-order valence-electron chi connectivity index (χ2n) is 3.84. The molecule has 20 heavy (non-hydrogen) atoms. The lowest BCUT2D eigenvalue weighted by Gasteiger charge is -2.09. The van der Waals surface area contributed by atoms with Gasteiger partial charge in [0.25, 0.3) is 0 Å². The van der Waals surface area contributed by atoms with Crippen molar-refractivity contribution in [3.8, 4) is 17.0 Å². The van der Waals surface area contributed by atoms with Gasteiger partial charge in [-0.1, -0.05) is 11.6 Å². The van der Waals surface area contributed by atoms with Gasteiger partial charge in [-0.3, -0.25) is 4.98 Å². The molecule has 0 spiro atoms. The maximum Gasteiger partial charge on any atom is 0.417 e. The Morgan fingerprint density at radius 1 is 1.05 bits per heavy atom. The summed E-state index contributed by atoms with van der Waals surface area (Å²) >= 11 is 5.45. The lowest BCUT2D eigenvalue weighted by atomic mass is 10.1. The molecule has 2 aromatic rings. The predicted octanol–water partition coefficient (Wildman–Crippen LogP) is 4.40. The SMILES string of the molecule is Oc1cc(-c2ncc(C(F)(F)F)cc2F)c(F)cc1Cl. The van der Waals surface area contributed by atoms with Gasteiger partial charge < -0.3 is 5.11 Å². The van der Waals surface area contributed by atoms with Crippen LogP contribution in [0.25, 0.3) is 11.3 Å². The lowest BCUT2D eigenvalue weighted by Crippen LogP contribution is -2.07. The molecule has 0 aliphatic rings. The molecule has 106 valence electrons. The Morgan fingerprint density at radius 2 is 1.70 bits per heavy atom. The zero-order valence-corrected chi connectivity index (χ0v) is 10.2. The van der Waals surface area contributed by atoms with Gasteiger partial charge in [0.2, 0.25) is 0 Å². The van der Waals surface area contributed by atoms with Gasteiger partial charge in [0.1, 0.15) is 23.1 Å². The van der Waals surface area contributed by atoms with Crippen LogP contribution in [0.1, 0.15) is 5.56 Å². The predicted molar refractivity (Wildman–Crippen MR) is 61.3 cm³/mol. The number of alkyl halides is 3. The van der Waals surface area contributed by atoms with Crippen molar-refractivity contribution in [2.24, 2.45) is 0 Å². The van der Waals surface area contributed by atoms with E-state index in [1.807, 2.05) is 0 Å². The molecule has 0 unspecified atom stereocenters. The van der Waals surface area contributed by atoms with Crippen LogP contribution in [0.4, 0.5) is 22.0 Å². The van der Waals surface area contributed by atoms with E-state index in [0.717, 1.165) is 6.07 Å². The molecule has 0 bridgehead atoms. The van der Waals surface area contributed by atoms with Crippen molar-refractivity contribution in [1.29, 1.82) is 0 Å². The number of hydrogen-bond acceptors (Lipinski definition) is 2. The van der Waals surface area contributed by atoms with Crippen molar-refractivity contribution in [3.05, 3.63) is 46.6 Å². The average molecular weight is 310 g/mol. The first kappa shape index (κ1) is 14.5. The second kappa shape index (κ2) is 4.90. The Morgan fingerprint density at radius 3 is 2.25 bits per heavy atom. The minimum absolute atomic E-state index is 0.202. The van der Waals surface area contributed by atoms with Gasteiger partial charge in [0.15, 0.2) is 0 Å². The van der Waals surface area contributed by atoms with E-state index in [1.54, 1.807) is 0 Å². The fourth-order valence-corrected chi connectivity index (χ4v) is 1.66. The molecule has 8 heteroatoms. The van der Waals surface area contributed by atoms with E-state index in [4.69, 9.17) is 11.6 Å². The molecule has 0 amide bonds. The van der Waals surface area contributed by atoms with Gasteiger partial charge in [-0.2, -0.15) is 13.2 Å². The lowest BCUT2D eigenvalue weighted by molar-refractivity contribution is -0.138. The van der Waals surface area contributed by atoms with E-state index in [9.17, 15) is 27.1 Å². The van der Waals surface area contributed by atoms with Crippen LogP contribution in [-0.4, -0.2) is 10.1 Å². The highest BCUT2D eigenvalue weighted by atomic mass is 35.5. The summed E-state index contributed by atoms with van der Waals surface area (Å²) in [4.78, 5) is 3.26. The van der Waals surface area contributed by atoms with Crippen LogP contribution in [0.15, 0.2) is 24.4 Å². The van der Waals surface area contributed by atoms with Gasteiger partial charge in [-0.15, -0.1) is 0 Å². The van der Waals surface area contributed by atoms with Crippen LogP contribution in [-0.2, 0) is 6.18 Å². The summed E-state index contributed by atoms with van der Waals surface area (Å²) in [7, 11) is 0. The van der Waals surface area contributed by atoms with Crippen molar-refractivity contribution in [2.45, 2.75) is 6.18 Å². The summed E-state index contributed by atoms with van der Waals surface area (Å²) in [5, 5.41) is 9.02.